The second-order valence-corrected chi connectivity index (χ2v) is 9.89. The van der Waals surface area contributed by atoms with Crippen LogP contribution in [0.4, 0.5) is 10.5 Å². The van der Waals surface area contributed by atoms with Gasteiger partial charge in [0.2, 0.25) is 0 Å². The molecule has 0 aliphatic carbocycles. The van der Waals surface area contributed by atoms with E-state index in [0.29, 0.717) is 38.2 Å². The number of amides is 3. The fourth-order valence-corrected chi connectivity index (χ4v) is 4.55. The summed E-state index contributed by atoms with van der Waals surface area (Å²) in [5.41, 5.74) is 3.86. The van der Waals surface area contributed by atoms with Gasteiger partial charge in [-0.15, -0.1) is 0 Å². The van der Waals surface area contributed by atoms with Crippen LogP contribution >= 0.6 is 47.2 Å². The molecule has 2 N–H and O–H groups in total. The van der Waals surface area contributed by atoms with Crippen molar-refractivity contribution in [2.45, 2.75) is 0 Å². The molecule has 0 radical (unpaired) electrons. The van der Waals surface area contributed by atoms with Crippen LogP contribution in [-0.4, -0.2) is 34.3 Å². The molecular weight excluding hydrogens is 557 g/mol. The highest BCUT2D eigenvalue weighted by molar-refractivity contribution is 8.26. The van der Waals surface area contributed by atoms with Gasteiger partial charge in [0.1, 0.15) is 11.5 Å². The van der Waals surface area contributed by atoms with Crippen molar-refractivity contribution in [3.8, 4) is 11.5 Å². The third-order valence-electron chi connectivity index (χ3n) is 4.90. The van der Waals surface area contributed by atoms with E-state index in [1.807, 2.05) is 0 Å². The van der Waals surface area contributed by atoms with Gasteiger partial charge in [0, 0.05) is 5.69 Å². The third kappa shape index (κ3) is 6.60. The zero-order chi connectivity index (χ0) is 26.5. The van der Waals surface area contributed by atoms with Crippen LogP contribution in [0.1, 0.15) is 15.9 Å². The van der Waals surface area contributed by atoms with Crippen molar-refractivity contribution in [1.82, 2.24) is 10.4 Å². The number of hydrazine groups is 1. The molecule has 8 nitrogen and oxygen atoms in total. The number of rotatable bonds is 6. The highest BCUT2D eigenvalue weighted by atomic mass is 35.5. The van der Waals surface area contributed by atoms with Crippen molar-refractivity contribution in [2.75, 3.05) is 12.4 Å². The second kappa shape index (κ2) is 11.7. The van der Waals surface area contributed by atoms with E-state index in [1.165, 1.54) is 12.1 Å². The number of hydrogen-bond acceptors (Lipinski definition) is 7. The fraction of sp³-hybridized carbons (Fsp3) is 0.0400. The van der Waals surface area contributed by atoms with Gasteiger partial charge in [-0.3, -0.25) is 4.79 Å². The van der Waals surface area contributed by atoms with Gasteiger partial charge in [-0.1, -0.05) is 47.1 Å². The second-order valence-electron chi connectivity index (χ2n) is 7.40. The molecule has 12 heteroatoms. The monoisotopic (exact) mass is 573 g/mol. The van der Waals surface area contributed by atoms with Gasteiger partial charge in [-0.25, -0.2) is 15.0 Å². The van der Waals surface area contributed by atoms with E-state index in [9.17, 15) is 14.4 Å². The number of nitrogens with one attached hydrogen (secondary N) is 2. The summed E-state index contributed by atoms with van der Waals surface area (Å²) in [5.74, 6) is -0.0319. The SMILES string of the molecule is COc1ccc(C(=O)Oc2ccc(/C=C3/SC(=S)N(NC(=O)Nc4ccc(Cl)c(Cl)c4)C3=O)cc2)cc1. The van der Waals surface area contributed by atoms with Crippen LogP contribution in [0.15, 0.2) is 71.6 Å². The number of nitrogens with zero attached hydrogens (tertiary/aromatic N) is 1. The first-order valence-corrected chi connectivity index (χ1v) is 12.5. The van der Waals surface area contributed by atoms with E-state index in [4.69, 9.17) is 44.9 Å². The minimum atomic E-state index is -0.682. The summed E-state index contributed by atoms with van der Waals surface area (Å²) in [4.78, 5) is 37.8. The third-order valence-corrected chi connectivity index (χ3v) is 6.94. The lowest BCUT2D eigenvalue weighted by atomic mass is 10.2. The summed E-state index contributed by atoms with van der Waals surface area (Å²) < 4.78 is 10.6. The highest BCUT2D eigenvalue weighted by Gasteiger charge is 2.33. The predicted octanol–water partition coefficient (Wildman–Crippen LogP) is 6.16. The molecule has 0 bridgehead atoms. The van der Waals surface area contributed by atoms with E-state index in [1.54, 1.807) is 67.8 Å². The molecule has 4 rings (SSSR count). The van der Waals surface area contributed by atoms with Crippen LogP contribution in [0.2, 0.25) is 10.0 Å². The summed E-state index contributed by atoms with van der Waals surface area (Å²) in [7, 11) is 1.54. The maximum Gasteiger partial charge on any atom is 0.343 e. The minimum Gasteiger partial charge on any atom is -0.497 e. The minimum absolute atomic E-state index is 0.158. The molecule has 1 aliphatic heterocycles. The number of hydrogen-bond donors (Lipinski definition) is 2. The van der Waals surface area contributed by atoms with Crippen molar-refractivity contribution in [1.29, 1.82) is 0 Å². The lowest BCUT2D eigenvalue weighted by Crippen LogP contribution is -2.46. The topological polar surface area (TPSA) is 97.0 Å². The molecule has 0 unspecified atom stereocenters. The molecule has 3 amide bonds. The number of thioether (sulfide) groups is 1. The number of carbonyl (C=O) groups excluding carboxylic acids is 3. The number of halogens is 2. The van der Waals surface area contributed by atoms with E-state index in [0.717, 1.165) is 16.8 Å². The zero-order valence-electron chi connectivity index (χ0n) is 19.0. The van der Waals surface area contributed by atoms with Crippen molar-refractivity contribution in [3.63, 3.8) is 0 Å². The smallest absolute Gasteiger partial charge is 0.343 e. The number of ether oxygens (including phenoxy) is 2. The summed E-state index contributed by atoms with van der Waals surface area (Å²) in [6, 6.07) is 17.0. The van der Waals surface area contributed by atoms with Gasteiger partial charge >= 0.3 is 12.0 Å². The maximum absolute atomic E-state index is 12.8. The van der Waals surface area contributed by atoms with Crippen molar-refractivity contribution >= 4 is 81.2 Å². The molecule has 1 fully saturated rings. The standard InChI is InChI=1S/C25H17Cl2N3O5S2/c1-34-17-9-4-15(5-10-17)23(32)35-18-7-2-14(3-8-18)12-21-22(31)30(25(36)37-21)29-24(33)28-16-6-11-19(26)20(27)13-16/h2-13H,1H3,(H2,28,29,33)/b21-12+. The summed E-state index contributed by atoms with van der Waals surface area (Å²) in [6.45, 7) is 0. The maximum atomic E-state index is 12.8. The van der Waals surface area contributed by atoms with Gasteiger partial charge in [-0.05, 0) is 78.5 Å². The number of benzene rings is 3. The van der Waals surface area contributed by atoms with Crippen molar-refractivity contribution < 1.29 is 23.9 Å². The summed E-state index contributed by atoms with van der Waals surface area (Å²) in [6.07, 6.45) is 1.62. The molecular formula is C25H17Cl2N3O5S2. The number of urea groups is 1. The first-order chi connectivity index (χ1) is 17.7. The van der Waals surface area contributed by atoms with Gasteiger partial charge in [-0.2, -0.15) is 5.01 Å². The number of anilines is 1. The Morgan fingerprint density at radius 3 is 2.30 bits per heavy atom. The van der Waals surface area contributed by atoms with Gasteiger partial charge in [0.05, 0.1) is 27.6 Å². The number of thiocarbonyl (C=S) groups is 1. The van der Waals surface area contributed by atoms with Crippen LogP contribution < -0.4 is 20.2 Å². The first kappa shape index (κ1) is 26.5. The predicted molar refractivity (Wildman–Crippen MR) is 148 cm³/mol. The quantitative estimate of drug-likeness (QED) is 0.158. The van der Waals surface area contributed by atoms with E-state index < -0.39 is 17.9 Å². The van der Waals surface area contributed by atoms with Crippen LogP contribution in [-0.2, 0) is 4.79 Å². The molecule has 0 spiro atoms. The molecule has 0 saturated carbocycles. The number of carbonyl (C=O) groups is 3. The lowest BCUT2D eigenvalue weighted by molar-refractivity contribution is -0.123. The van der Waals surface area contributed by atoms with Crippen LogP contribution in [0, 0.1) is 0 Å². The number of esters is 1. The van der Waals surface area contributed by atoms with Crippen molar-refractivity contribution in [2.24, 2.45) is 0 Å². The average Bonchev–Trinajstić information content (AvgIpc) is 3.14. The fourth-order valence-electron chi connectivity index (χ4n) is 3.08. The van der Waals surface area contributed by atoms with Gasteiger partial charge < -0.3 is 14.8 Å². The van der Waals surface area contributed by atoms with E-state index in [-0.39, 0.29) is 9.34 Å². The molecule has 1 aliphatic rings. The molecule has 188 valence electrons. The highest BCUT2D eigenvalue weighted by Crippen LogP contribution is 2.32. The van der Waals surface area contributed by atoms with E-state index >= 15 is 0 Å². The molecule has 37 heavy (non-hydrogen) atoms. The van der Waals surface area contributed by atoms with Gasteiger partial charge in [0.15, 0.2) is 4.32 Å². The summed E-state index contributed by atoms with van der Waals surface area (Å²) in [5, 5.41) is 4.15. The Bertz CT molecular complexity index is 1410. The average molecular weight is 574 g/mol. The van der Waals surface area contributed by atoms with E-state index in [2.05, 4.69) is 10.7 Å². The Morgan fingerprint density at radius 1 is 0.973 bits per heavy atom. The first-order valence-electron chi connectivity index (χ1n) is 10.5. The Hall–Kier alpha value is -3.57. The number of methoxy groups -OCH3 is 1. The Kier molecular flexibility index (Phi) is 8.34. The molecule has 1 saturated heterocycles. The van der Waals surface area contributed by atoms with Crippen molar-refractivity contribution in [3.05, 3.63) is 92.8 Å². The Morgan fingerprint density at radius 2 is 1.65 bits per heavy atom. The largest absolute Gasteiger partial charge is 0.497 e. The zero-order valence-corrected chi connectivity index (χ0v) is 22.1. The lowest BCUT2D eigenvalue weighted by Gasteiger charge is -2.16. The van der Waals surface area contributed by atoms with Crippen LogP contribution in [0.5, 0.6) is 11.5 Å². The Labute approximate surface area is 231 Å². The molecule has 0 aromatic heterocycles. The molecule has 3 aromatic rings. The summed E-state index contributed by atoms with van der Waals surface area (Å²) >= 11 is 18.1. The molecule has 1 heterocycles. The molecule has 0 atom stereocenters. The Balaban J connectivity index is 1.37. The van der Waals surface area contributed by atoms with Crippen LogP contribution in [0.3, 0.4) is 0 Å². The molecule has 3 aromatic carbocycles. The van der Waals surface area contributed by atoms with Crippen LogP contribution in [0.25, 0.3) is 6.08 Å². The van der Waals surface area contributed by atoms with Gasteiger partial charge in [0.25, 0.3) is 5.91 Å². The normalized spacial score (nSPS) is 14.0.